The van der Waals surface area contributed by atoms with Gasteiger partial charge in [0.1, 0.15) is 22.7 Å². The first-order valence-electron chi connectivity index (χ1n) is 7.98. The van der Waals surface area contributed by atoms with Crippen molar-refractivity contribution in [2.24, 2.45) is 0 Å². The lowest BCUT2D eigenvalue weighted by molar-refractivity contribution is 0.415. The SMILES string of the molecule is CCc1nc(Nc2ccc(OC)c(Cl)c2)c2oc3ccccc3c2n1. The summed E-state index contributed by atoms with van der Waals surface area (Å²) in [7, 11) is 1.59. The van der Waals surface area contributed by atoms with Gasteiger partial charge in [0.15, 0.2) is 11.4 Å². The first-order chi connectivity index (χ1) is 12.2. The summed E-state index contributed by atoms with van der Waals surface area (Å²) in [6.45, 7) is 2.03. The van der Waals surface area contributed by atoms with Gasteiger partial charge in [0, 0.05) is 17.5 Å². The van der Waals surface area contributed by atoms with E-state index in [4.69, 9.17) is 20.8 Å². The molecule has 25 heavy (non-hydrogen) atoms. The summed E-state index contributed by atoms with van der Waals surface area (Å²) in [4.78, 5) is 9.23. The predicted octanol–water partition coefficient (Wildman–Crippen LogP) is 5.34. The zero-order chi connectivity index (χ0) is 17.4. The second-order valence-corrected chi connectivity index (χ2v) is 6.00. The molecule has 0 bridgehead atoms. The van der Waals surface area contributed by atoms with Crippen LogP contribution in [0.25, 0.3) is 22.1 Å². The number of nitrogens with one attached hydrogen (secondary N) is 1. The minimum atomic E-state index is 0.526. The fourth-order valence-corrected chi connectivity index (χ4v) is 3.02. The van der Waals surface area contributed by atoms with E-state index in [0.29, 0.717) is 22.2 Å². The molecule has 5 nitrogen and oxygen atoms in total. The summed E-state index contributed by atoms with van der Waals surface area (Å²) < 4.78 is 11.2. The van der Waals surface area contributed by atoms with E-state index in [2.05, 4.69) is 15.3 Å². The number of hydrogen-bond acceptors (Lipinski definition) is 5. The molecule has 0 aliphatic rings. The molecule has 0 amide bonds. The molecule has 0 saturated carbocycles. The van der Waals surface area contributed by atoms with E-state index in [1.165, 1.54) is 0 Å². The Kier molecular flexibility index (Phi) is 3.93. The Morgan fingerprint density at radius 3 is 2.76 bits per heavy atom. The average Bonchev–Trinajstić information content (AvgIpc) is 3.01. The van der Waals surface area contributed by atoms with E-state index in [0.717, 1.165) is 34.4 Å². The number of para-hydroxylation sites is 1. The highest BCUT2D eigenvalue weighted by Crippen LogP contribution is 2.34. The molecule has 4 rings (SSSR count). The molecule has 1 N–H and O–H groups in total. The number of hydrogen-bond donors (Lipinski definition) is 1. The molecule has 0 atom stereocenters. The van der Waals surface area contributed by atoms with Gasteiger partial charge in [0.2, 0.25) is 0 Å². The zero-order valence-corrected chi connectivity index (χ0v) is 14.6. The molecule has 2 aromatic carbocycles. The quantitative estimate of drug-likeness (QED) is 0.536. The van der Waals surface area contributed by atoms with E-state index in [-0.39, 0.29) is 0 Å². The number of rotatable bonds is 4. The van der Waals surface area contributed by atoms with E-state index in [1.807, 2.05) is 43.3 Å². The maximum Gasteiger partial charge on any atom is 0.196 e. The van der Waals surface area contributed by atoms with Gasteiger partial charge in [-0.1, -0.05) is 30.7 Å². The molecule has 4 aromatic rings. The molecule has 0 aliphatic heterocycles. The van der Waals surface area contributed by atoms with Crippen LogP contribution in [0.3, 0.4) is 0 Å². The molecule has 6 heteroatoms. The zero-order valence-electron chi connectivity index (χ0n) is 13.8. The summed E-state index contributed by atoms with van der Waals surface area (Å²) in [5.74, 6) is 2.00. The normalized spacial score (nSPS) is 11.2. The summed E-state index contributed by atoms with van der Waals surface area (Å²) in [5, 5.41) is 4.79. The first-order valence-corrected chi connectivity index (χ1v) is 8.36. The van der Waals surface area contributed by atoms with E-state index < -0.39 is 0 Å². The monoisotopic (exact) mass is 353 g/mol. The van der Waals surface area contributed by atoms with E-state index in [1.54, 1.807) is 13.2 Å². The number of methoxy groups -OCH3 is 1. The Balaban J connectivity index is 1.87. The van der Waals surface area contributed by atoms with Gasteiger partial charge < -0.3 is 14.5 Å². The molecular formula is C19H16ClN3O2. The smallest absolute Gasteiger partial charge is 0.196 e. The highest BCUT2D eigenvalue weighted by molar-refractivity contribution is 6.32. The van der Waals surface area contributed by atoms with Gasteiger partial charge in [0.25, 0.3) is 0 Å². The Hall–Kier alpha value is -2.79. The number of halogens is 1. The van der Waals surface area contributed by atoms with Crippen LogP contribution in [-0.2, 0) is 6.42 Å². The topological polar surface area (TPSA) is 60.2 Å². The molecule has 0 spiro atoms. The third-order valence-electron chi connectivity index (χ3n) is 4.00. The molecule has 0 aliphatic carbocycles. The molecule has 0 saturated heterocycles. The summed E-state index contributed by atoms with van der Waals surface area (Å²) in [6.07, 6.45) is 0.730. The van der Waals surface area contributed by atoms with Gasteiger partial charge in [-0.2, -0.15) is 0 Å². The first kappa shape index (κ1) is 15.7. The molecule has 0 fully saturated rings. The number of fused-ring (bicyclic) bond motifs is 3. The van der Waals surface area contributed by atoms with Crippen LogP contribution in [0, 0.1) is 0 Å². The van der Waals surface area contributed by atoms with Gasteiger partial charge in [-0.15, -0.1) is 0 Å². The highest BCUT2D eigenvalue weighted by Gasteiger charge is 2.15. The average molecular weight is 354 g/mol. The van der Waals surface area contributed by atoms with Gasteiger partial charge in [-0.3, -0.25) is 0 Å². The Labute approximate surface area is 149 Å². The molecule has 0 radical (unpaired) electrons. The third kappa shape index (κ3) is 2.76. The van der Waals surface area contributed by atoms with Crippen molar-refractivity contribution < 1.29 is 9.15 Å². The van der Waals surface area contributed by atoms with Crippen LogP contribution in [0.2, 0.25) is 5.02 Å². The van der Waals surface area contributed by atoms with Crippen LogP contribution in [0.4, 0.5) is 11.5 Å². The van der Waals surface area contributed by atoms with Crippen LogP contribution in [0.1, 0.15) is 12.7 Å². The second kappa shape index (κ2) is 6.26. The van der Waals surface area contributed by atoms with Crippen molar-refractivity contribution in [1.82, 2.24) is 9.97 Å². The minimum absolute atomic E-state index is 0.526. The molecular weight excluding hydrogens is 338 g/mol. The molecule has 2 heterocycles. The van der Waals surface area contributed by atoms with Crippen molar-refractivity contribution in [2.75, 3.05) is 12.4 Å². The van der Waals surface area contributed by atoms with Crippen molar-refractivity contribution in [3.63, 3.8) is 0 Å². The number of ether oxygens (including phenoxy) is 1. The number of nitrogens with zero attached hydrogens (tertiary/aromatic N) is 2. The van der Waals surface area contributed by atoms with Gasteiger partial charge in [-0.25, -0.2) is 9.97 Å². The summed E-state index contributed by atoms with van der Waals surface area (Å²) >= 11 is 6.22. The van der Waals surface area contributed by atoms with Crippen molar-refractivity contribution >= 4 is 45.2 Å². The Morgan fingerprint density at radius 2 is 2.00 bits per heavy atom. The number of aromatic nitrogens is 2. The van der Waals surface area contributed by atoms with Crippen LogP contribution in [0.15, 0.2) is 46.9 Å². The second-order valence-electron chi connectivity index (χ2n) is 5.59. The van der Waals surface area contributed by atoms with Crippen LogP contribution in [-0.4, -0.2) is 17.1 Å². The lowest BCUT2D eigenvalue weighted by Crippen LogP contribution is -2.00. The van der Waals surface area contributed by atoms with Crippen LogP contribution in [0.5, 0.6) is 5.75 Å². The molecule has 0 unspecified atom stereocenters. The summed E-state index contributed by atoms with van der Waals surface area (Å²) in [5.41, 5.74) is 3.03. The fraction of sp³-hybridized carbons (Fsp3) is 0.158. The van der Waals surface area contributed by atoms with Crippen molar-refractivity contribution in [3.8, 4) is 5.75 Å². The lowest BCUT2D eigenvalue weighted by Gasteiger charge is -2.09. The van der Waals surface area contributed by atoms with Crippen LogP contribution < -0.4 is 10.1 Å². The van der Waals surface area contributed by atoms with Crippen molar-refractivity contribution in [3.05, 3.63) is 53.3 Å². The fourth-order valence-electron chi connectivity index (χ4n) is 2.76. The third-order valence-corrected chi connectivity index (χ3v) is 4.29. The van der Waals surface area contributed by atoms with Crippen molar-refractivity contribution in [1.29, 1.82) is 0 Å². The molecule has 2 aromatic heterocycles. The maximum absolute atomic E-state index is 6.22. The number of aryl methyl sites for hydroxylation is 1. The highest BCUT2D eigenvalue weighted by atomic mass is 35.5. The number of benzene rings is 2. The standard InChI is InChI=1S/C19H16ClN3O2/c1-3-16-22-17-12-6-4-5-7-14(12)25-18(17)19(23-16)21-11-8-9-15(24-2)13(20)10-11/h4-10H,3H2,1-2H3,(H,21,22,23). The van der Waals surface area contributed by atoms with Crippen LogP contribution >= 0.6 is 11.6 Å². The Bertz CT molecular complexity index is 1080. The van der Waals surface area contributed by atoms with Gasteiger partial charge in [0.05, 0.1) is 12.1 Å². The van der Waals surface area contributed by atoms with E-state index >= 15 is 0 Å². The summed E-state index contributed by atoms with van der Waals surface area (Å²) in [6, 6.07) is 13.3. The van der Waals surface area contributed by atoms with Gasteiger partial charge >= 0.3 is 0 Å². The van der Waals surface area contributed by atoms with Crippen molar-refractivity contribution in [2.45, 2.75) is 13.3 Å². The predicted molar refractivity (Wildman–Crippen MR) is 100.0 cm³/mol. The minimum Gasteiger partial charge on any atom is -0.495 e. The largest absolute Gasteiger partial charge is 0.495 e. The maximum atomic E-state index is 6.22. The van der Waals surface area contributed by atoms with Gasteiger partial charge in [-0.05, 0) is 30.3 Å². The number of furan rings is 1. The van der Waals surface area contributed by atoms with E-state index in [9.17, 15) is 0 Å². The molecule has 126 valence electrons. The lowest BCUT2D eigenvalue weighted by atomic mass is 10.2. The number of anilines is 2. The Morgan fingerprint density at radius 1 is 1.16 bits per heavy atom.